The van der Waals surface area contributed by atoms with Gasteiger partial charge in [0.05, 0.1) is 16.8 Å². The molecular formula is C23H21F2N5O. The molecule has 0 unspecified atom stereocenters. The summed E-state index contributed by atoms with van der Waals surface area (Å²) in [5, 5.41) is 13.6. The number of hydrogen-bond acceptors (Lipinski definition) is 4. The van der Waals surface area contributed by atoms with Gasteiger partial charge in [0.25, 0.3) is 5.91 Å². The molecule has 0 atom stereocenters. The van der Waals surface area contributed by atoms with E-state index in [1.54, 1.807) is 24.2 Å². The van der Waals surface area contributed by atoms with Crippen molar-refractivity contribution in [3.8, 4) is 17.3 Å². The molecule has 31 heavy (non-hydrogen) atoms. The summed E-state index contributed by atoms with van der Waals surface area (Å²) in [6.45, 7) is 2.28. The summed E-state index contributed by atoms with van der Waals surface area (Å²) in [4.78, 5) is 17.1. The predicted molar refractivity (Wildman–Crippen MR) is 112 cm³/mol. The summed E-state index contributed by atoms with van der Waals surface area (Å²) < 4.78 is 29.1. The molecule has 0 radical (unpaired) electrons. The van der Waals surface area contributed by atoms with Gasteiger partial charge in [-0.1, -0.05) is 12.1 Å². The number of hydrogen-bond donors (Lipinski definition) is 0. The molecule has 0 N–H and O–H groups in total. The van der Waals surface area contributed by atoms with Gasteiger partial charge in [0, 0.05) is 51.1 Å². The van der Waals surface area contributed by atoms with E-state index in [9.17, 15) is 18.8 Å². The van der Waals surface area contributed by atoms with Gasteiger partial charge < -0.3 is 9.80 Å². The van der Waals surface area contributed by atoms with E-state index in [4.69, 9.17) is 0 Å². The maximum absolute atomic E-state index is 14.4. The minimum Gasteiger partial charge on any atom is -0.369 e. The van der Waals surface area contributed by atoms with Crippen molar-refractivity contribution in [3.63, 3.8) is 0 Å². The minimum absolute atomic E-state index is 0.0877. The minimum atomic E-state index is -0.761. The first kappa shape index (κ1) is 20.5. The molecule has 2 heterocycles. The van der Waals surface area contributed by atoms with Gasteiger partial charge in [0.1, 0.15) is 23.4 Å². The first-order valence-electron chi connectivity index (χ1n) is 10.0. The lowest BCUT2D eigenvalue weighted by Crippen LogP contribution is -2.35. The molecule has 0 bridgehead atoms. The number of para-hydroxylation sites is 1. The number of carbonyl (C=O) groups excluding carboxylic acids is 1. The molecule has 158 valence electrons. The van der Waals surface area contributed by atoms with Gasteiger partial charge in [0.15, 0.2) is 0 Å². The Morgan fingerprint density at radius 3 is 2.68 bits per heavy atom. The number of nitriles is 1. The zero-order valence-electron chi connectivity index (χ0n) is 17.1. The SMILES string of the molecule is Cn1cc(C(=O)N2CCCN(c3ccccc3C#N)CC2)c(-c2ccc(F)cc2F)n1. The van der Waals surface area contributed by atoms with Gasteiger partial charge in [-0.15, -0.1) is 0 Å². The van der Waals surface area contributed by atoms with E-state index in [-0.39, 0.29) is 22.7 Å². The zero-order chi connectivity index (χ0) is 22.0. The highest BCUT2D eigenvalue weighted by atomic mass is 19.1. The second-order valence-electron chi connectivity index (χ2n) is 7.45. The summed E-state index contributed by atoms with van der Waals surface area (Å²) in [6.07, 6.45) is 2.29. The van der Waals surface area contributed by atoms with E-state index in [1.807, 2.05) is 18.2 Å². The van der Waals surface area contributed by atoms with E-state index in [2.05, 4.69) is 16.1 Å². The van der Waals surface area contributed by atoms with Gasteiger partial charge in [-0.3, -0.25) is 9.48 Å². The fourth-order valence-electron chi connectivity index (χ4n) is 3.90. The Balaban J connectivity index is 1.58. The first-order chi connectivity index (χ1) is 15.0. The molecule has 0 aliphatic carbocycles. The molecule has 8 heteroatoms. The molecule has 0 saturated carbocycles. The number of aryl methyl sites for hydroxylation is 1. The lowest BCUT2D eigenvalue weighted by molar-refractivity contribution is 0.0767. The quantitative estimate of drug-likeness (QED) is 0.648. The van der Waals surface area contributed by atoms with Crippen LogP contribution in [0.4, 0.5) is 14.5 Å². The van der Waals surface area contributed by atoms with Crippen LogP contribution in [0.3, 0.4) is 0 Å². The molecule has 1 aliphatic rings. The number of benzene rings is 2. The summed E-state index contributed by atoms with van der Waals surface area (Å²) in [7, 11) is 1.66. The van der Waals surface area contributed by atoms with E-state index in [1.165, 1.54) is 10.7 Å². The van der Waals surface area contributed by atoms with Crippen LogP contribution in [0, 0.1) is 23.0 Å². The Bertz CT molecular complexity index is 1170. The highest BCUT2D eigenvalue weighted by Gasteiger charge is 2.26. The largest absolute Gasteiger partial charge is 0.369 e. The predicted octanol–water partition coefficient (Wildman–Crippen LogP) is 3.59. The lowest BCUT2D eigenvalue weighted by Gasteiger charge is -2.24. The normalized spacial score (nSPS) is 14.3. The third-order valence-electron chi connectivity index (χ3n) is 5.39. The van der Waals surface area contributed by atoms with Crippen molar-refractivity contribution in [3.05, 3.63) is 71.4 Å². The van der Waals surface area contributed by atoms with Crippen molar-refractivity contribution in [2.75, 3.05) is 31.1 Å². The molecule has 1 fully saturated rings. The number of rotatable bonds is 3. The summed E-state index contributed by atoms with van der Waals surface area (Å²) in [6, 6.07) is 12.9. The topological polar surface area (TPSA) is 65.2 Å². The number of amides is 1. The molecule has 1 aromatic heterocycles. The first-order valence-corrected chi connectivity index (χ1v) is 10.0. The van der Waals surface area contributed by atoms with Gasteiger partial charge in [-0.25, -0.2) is 8.78 Å². The highest BCUT2D eigenvalue weighted by Crippen LogP contribution is 2.27. The Morgan fingerprint density at radius 1 is 1.10 bits per heavy atom. The average molecular weight is 421 g/mol. The fourth-order valence-corrected chi connectivity index (χ4v) is 3.90. The zero-order valence-corrected chi connectivity index (χ0v) is 17.1. The number of halogens is 2. The lowest BCUT2D eigenvalue weighted by atomic mass is 10.1. The summed E-state index contributed by atoms with van der Waals surface area (Å²) >= 11 is 0. The summed E-state index contributed by atoms with van der Waals surface area (Å²) in [5.74, 6) is -1.69. The molecule has 1 amide bonds. The Hall–Kier alpha value is -3.73. The van der Waals surface area contributed by atoms with Gasteiger partial charge >= 0.3 is 0 Å². The van der Waals surface area contributed by atoms with Crippen LogP contribution in [-0.2, 0) is 7.05 Å². The van der Waals surface area contributed by atoms with Gasteiger partial charge in [-0.05, 0) is 30.7 Å². The van der Waals surface area contributed by atoms with Crippen LogP contribution in [-0.4, -0.2) is 46.8 Å². The maximum atomic E-state index is 14.4. The van der Waals surface area contributed by atoms with Gasteiger partial charge in [0.2, 0.25) is 0 Å². The molecule has 1 aliphatic heterocycles. The number of anilines is 1. The number of carbonyl (C=O) groups is 1. The van der Waals surface area contributed by atoms with Crippen LogP contribution >= 0.6 is 0 Å². The van der Waals surface area contributed by atoms with Gasteiger partial charge in [-0.2, -0.15) is 10.4 Å². The highest BCUT2D eigenvalue weighted by molar-refractivity contribution is 6.00. The molecule has 2 aromatic carbocycles. The van der Waals surface area contributed by atoms with Crippen LogP contribution in [0.1, 0.15) is 22.3 Å². The molecule has 1 saturated heterocycles. The number of nitrogens with zero attached hydrogens (tertiary/aromatic N) is 5. The second kappa shape index (κ2) is 8.56. The van der Waals surface area contributed by atoms with E-state index in [0.29, 0.717) is 25.2 Å². The Morgan fingerprint density at radius 2 is 1.90 bits per heavy atom. The molecular weight excluding hydrogens is 400 g/mol. The molecule has 4 rings (SSSR count). The van der Waals surface area contributed by atoms with Crippen molar-refractivity contribution in [2.45, 2.75) is 6.42 Å². The van der Waals surface area contributed by atoms with Crippen molar-refractivity contribution in [2.24, 2.45) is 7.05 Å². The van der Waals surface area contributed by atoms with Crippen LogP contribution in [0.15, 0.2) is 48.7 Å². The third-order valence-corrected chi connectivity index (χ3v) is 5.39. The monoisotopic (exact) mass is 421 g/mol. The van der Waals surface area contributed by atoms with Crippen molar-refractivity contribution in [1.29, 1.82) is 5.26 Å². The van der Waals surface area contributed by atoms with Crippen LogP contribution in [0.2, 0.25) is 0 Å². The Kier molecular flexibility index (Phi) is 5.67. The third kappa shape index (κ3) is 4.12. The molecule has 6 nitrogen and oxygen atoms in total. The molecule has 3 aromatic rings. The maximum Gasteiger partial charge on any atom is 0.257 e. The van der Waals surface area contributed by atoms with Crippen LogP contribution < -0.4 is 4.90 Å². The van der Waals surface area contributed by atoms with Crippen LogP contribution in [0.25, 0.3) is 11.3 Å². The van der Waals surface area contributed by atoms with Crippen LogP contribution in [0.5, 0.6) is 0 Å². The van der Waals surface area contributed by atoms with Crippen molar-refractivity contribution >= 4 is 11.6 Å². The second-order valence-corrected chi connectivity index (χ2v) is 7.45. The smallest absolute Gasteiger partial charge is 0.257 e. The molecule has 0 spiro atoms. The van der Waals surface area contributed by atoms with Crippen molar-refractivity contribution < 1.29 is 13.6 Å². The average Bonchev–Trinajstić information content (AvgIpc) is 2.98. The fraction of sp³-hybridized carbons (Fsp3) is 0.261. The Labute approximate surface area is 178 Å². The van der Waals surface area contributed by atoms with E-state index >= 15 is 0 Å². The van der Waals surface area contributed by atoms with E-state index < -0.39 is 11.6 Å². The van der Waals surface area contributed by atoms with E-state index in [0.717, 1.165) is 30.8 Å². The summed E-state index contributed by atoms with van der Waals surface area (Å²) in [5.41, 5.74) is 2.02. The standard InChI is InChI=1S/C23H21F2N5O/c1-28-15-19(22(27-28)18-8-7-17(24)13-20(18)25)23(31)30-10-4-9-29(11-12-30)21-6-3-2-5-16(21)14-26/h2-3,5-8,13,15H,4,9-12H2,1H3. The number of aromatic nitrogens is 2. The van der Waals surface area contributed by atoms with Crippen molar-refractivity contribution in [1.82, 2.24) is 14.7 Å².